The van der Waals surface area contributed by atoms with Crippen molar-refractivity contribution in [2.24, 2.45) is 0 Å². The van der Waals surface area contributed by atoms with Crippen molar-refractivity contribution in [2.45, 2.75) is 6.92 Å². The van der Waals surface area contributed by atoms with Gasteiger partial charge in [-0.2, -0.15) is 0 Å². The Bertz CT molecular complexity index is 444. The number of hydrogen-bond acceptors (Lipinski definition) is 4. The largest absolute Gasteiger partial charge is 0.383 e. The molecule has 98 valence electrons. The molecule has 0 aliphatic carbocycles. The summed E-state index contributed by atoms with van der Waals surface area (Å²) in [4.78, 5) is 20.5. The zero-order valence-corrected chi connectivity index (χ0v) is 12.0. The average molecular weight is 313 g/mol. The lowest BCUT2D eigenvalue weighted by Gasteiger charge is -2.34. The predicted molar refractivity (Wildman–Crippen MR) is 74.4 cm³/mol. The van der Waals surface area contributed by atoms with E-state index in [4.69, 9.17) is 5.73 Å². The summed E-state index contributed by atoms with van der Waals surface area (Å²) >= 11 is 3.31. The number of hydrogen-bond donors (Lipinski definition) is 1. The van der Waals surface area contributed by atoms with Crippen LogP contribution in [-0.2, 0) is 0 Å². The highest BCUT2D eigenvalue weighted by molar-refractivity contribution is 9.10. The third kappa shape index (κ3) is 2.81. The zero-order chi connectivity index (χ0) is 13.1. The number of nitrogens with zero attached hydrogens (tertiary/aromatic N) is 3. The smallest absolute Gasteiger partial charge is 0.257 e. The molecule has 18 heavy (non-hydrogen) atoms. The normalized spacial score (nSPS) is 16.9. The van der Waals surface area contributed by atoms with Gasteiger partial charge in [-0.25, -0.2) is 4.98 Å². The van der Waals surface area contributed by atoms with Gasteiger partial charge in [0.2, 0.25) is 0 Å². The molecular weight excluding hydrogens is 296 g/mol. The number of rotatable bonds is 2. The fourth-order valence-corrected chi connectivity index (χ4v) is 2.39. The summed E-state index contributed by atoms with van der Waals surface area (Å²) in [5.74, 6) is 0.262. The summed E-state index contributed by atoms with van der Waals surface area (Å²) in [5, 5.41) is 0. The number of amides is 1. The molecule has 0 saturated carbocycles. The van der Waals surface area contributed by atoms with Gasteiger partial charge in [-0.3, -0.25) is 4.79 Å². The maximum atomic E-state index is 12.3. The van der Waals surface area contributed by atoms with E-state index in [1.165, 1.54) is 0 Å². The van der Waals surface area contributed by atoms with E-state index in [0.29, 0.717) is 11.4 Å². The van der Waals surface area contributed by atoms with E-state index in [9.17, 15) is 4.79 Å². The van der Waals surface area contributed by atoms with E-state index in [0.717, 1.165) is 37.2 Å². The molecule has 0 atom stereocenters. The van der Waals surface area contributed by atoms with Gasteiger partial charge in [0, 0.05) is 36.8 Å². The molecule has 5 nitrogen and oxygen atoms in total. The van der Waals surface area contributed by atoms with Crippen molar-refractivity contribution in [1.29, 1.82) is 0 Å². The number of piperazine rings is 1. The molecule has 0 spiro atoms. The summed E-state index contributed by atoms with van der Waals surface area (Å²) in [6.45, 7) is 6.50. The Morgan fingerprint density at radius 3 is 2.72 bits per heavy atom. The Morgan fingerprint density at radius 2 is 2.11 bits per heavy atom. The first-order valence-electron chi connectivity index (χ1n) is 6.04. The Kier molecular flexibility index (Phi) is 4.19. The van der Waals surface area contributed by atoms with Crippen molar-refractivity contribution < 1.29 is 4.79 Å². The molecular formula is C12H17BrN4O. The number of carbonyl (C=O) groups excluding carboxylic acids is 1. The third-order valence-corrected chi connectivity index (χ3v) is 3.66. The first kappa shape index (κ1) is 13.3. The molecule has 1 aliphatic rings. The third-order valence-electron chi connectivity index (χ3n) is 3.22. The van der Waals surface area contributed by atoms with Crippen molar-refractivity contribution in [3.63, 3.8) is 0 Å². The SMILES string of the molecule is CCN1CCN(C(=O)c2cc(Br)cnc2N)CC1. The van der Waals surface area contributed by atoms with Crippen LogP contribution in [-0.4, -0.2) is 53.4 Å². The van der Waals surface area contributed by atoms with Crippen LogP contribution in [0.1, 0.15) is 17.3 Å². The molecule has 2 N–H and O–H groups in total. The Hall–Kier alpha value is -1.14. The lowest BCUT2D eigenvalue weighted by atomic mass is 10.2. The van der Waals surface area contributed by atoms with Crippen LogP contribution in [0.2, 0.25) is 0 Å². The number of anilines is 1. The van der Waals surface area contributed by atoms with E-state index >= 15 is 0 Å². The van der Waals surface area contributed by atoms with Crippen LogP contribution in [0.3, 0.4) is 0 Å². The van der Waals surface area contributed by atoms with Crippen molar-refractivity contribution in [3.8, 4) is 0 Å². The Balaban J connectivity index is 2.10. The lowest BCUT2D eigenvalue weighted by Crippen LogP contribution is -2.48. The van der Waals surface area contributed by atoms with Gasteiger partial charge in [-0.05, 0) is 28.5 Å². The summed E-state index contributed by atoms with van der Waals surface area (Å²) in [7, 11) is 0. The molecule has 2 rings (SSSR count). The molecule has 2 heterocycles. The zero-order valence-electron chi connectivity index (χ0n) is 10.4. The minimum atomic E-state index is -0.0305. The van der Waals surface area contributed by atoms with Gasteiger partial charge in [-0.1, -0.05) is 6.92 Å². The highest BCUT2D eigenvalue weighted by atomic mass is 79.9. The monoisotopic (exact) mass is 312 g/mol. The van der Waals surface area contributed by atoms with Crippen molar-refractivity contribution in [3.05, 3.63) is 22.3 Å². The predicted octanol–water partition coefficient (Wildman–Crippen LogP) is 1.20. The number of aromatic nitrogens is 1. The molecule has 0 bridgehead atoms. The van der Waals surface area contributed by atoms with Gasteiger partial charge in [0.25, 0.3) is 5.91 Å². The first-order valence-corrected chi connectivity index (χ1v) is 6.83. The average Bonchev–Trinajstić information content (AvgIpc) is 2.41. The van der Waals surface area contributed by atoms with Crippen LogP contribution in [0, 0.1) is 0 Å². The number of nitrogen functional groups attached to an aromatic ring is 1. The summed E-state index contributed by atoms with van der Waals surface area (Å²) < 4.78 is 0.771. The lowest BCUT2D eigenvalue weighted by molar-refractivity contribution is 0.0644. The van der Waals surface area contributed by atoms with E-state index in [2.05, 4.69) is 32.7 Å². The topological polar surface area (TPSA) is 62.5 Å². The second kappa shape index (κ2) is 5.67. The van der Waals surface area contributed by atoms with Crippen molar-refractivity contribution in [2.75, 3.05) is 38.5 Å². The molecule has 0 aromatic carbocycles. The second-order valence-electron chi connectivity index (χ2n) is 4.31. The van der Waals surface area contributed by atoms with Gasteiger partial charge in [0.1, 0.15) is 5.82 Å². The molecule has 1 fully saturated rings. The number of likely N-dealkylation sites (N-methyl/N-ethyl adjacent to an activating group) is 1. The molecule has 0 radical (unpaired) electrons. The molecule has 0 unspecified atom stereocenters. The van der Waals surface area contributed by atoms with Crippen molar-refractivity contribution in [1.82, 2.24) is 14.8 Å². The molecule has 1 amide bonds. The highest BCUT2D eigenvalue weighted by Crippen LogP contribution is 2.18. The number of carbonyl (C=O) groups is 1. The fraction of sp³-hybridized carbons (Fsp3) is 0.500. The van der Waals surface area contributed by atoms with E-state index in [1.807, 2.05) is 4.90 Å². The molecule has 1 aliphatic heterocycles. The van der Waals surface area contributed by atoms with Crippen LogP contribution in [0.4, 0.5) is 5.82 Å². The van der Waals surface area contributed by atoms with Crippen LogP contribution in [0.25, 0.3) is 0 Å². The Morgan fingerprint density at radius 1 is 1.44 bits per heavy atom. The van der Waals surface area contributed by atoms with Gasteiger partial charge in [-0.15, -0.1) is 0 Å². The van der Waals surface area contributed by atoms with Gasteiger partial charge < -0.3 is 15.5 Å². The van der Waals surface area contributed by atoms with Crippen LogP contribution >= 0.6 is 15.9 Å². The summed E-state index contributed by atoms with van der Waals surface area (Å²) in [5.41, 5.74) is 6.24. The van der Waals surface area contributed by atoms with Gasteiger partial charge >= 0.3 is 0 Å². The van der Waals surface area contributed by atoms with Crippen LogP contribution < -0.4 is 5.73 Å². The van der Waals surface area contributed by atoms with E-state index < -0.39 is 0 Å². The maximum Gasteiger partial charge on any atom is 0.257 e. The highest BCUT2D eigenvalue weighted by Gasteiger charge is 2.23. The minimum absolute atomic E-state index is 0.0305. The standard InChI is InChI=1S/C12H17BrN4O/c1-2-16-3-5-17(6-4-16)12(18)10-7-9(13)8-15-11(10)14/h7-8H,2-6H2,1H3,(H2,14,15). The molecule has 1 saturated heterocycles. The van der Waals surface area contributed by atoms with E-state index in [-0.39, 0.29) is 5.91 Å². The van der Waals surface area contributed by atoms with Crippen molar-refractivity contribution >= 4 is 27.7 Å². The first-order chi connectivity index (χ1) is 8.61. The van der Waals surface area contributed by atoms with Gasteiger partial charge in [0.15, 0.2) is 0 Å². The second-order valence-corrected chi connectivity index (χ2v) is 5.23. The quantitative estimate of drug-likeness (QED) is 0.891. The Labute approximate surface area is 115 Å². The van der Waals surface area contributed by atoms with Gasteiger partial charge in [0.05, 0.1) is 5.56 Å². The molecule has 6 heteroatoms. The number of halogens is 1. The molecule has 1 aromatic heterocycles. The summed E-state index contributed by atoms with van der Waals surface area (Å²) in [6.07, 6.45) is 1.60. The van der Waals surface area contributed by atoms with Crippen LogP contribution in [0.15, 0.2) is 16.7 Å². The number of pyridine rings is 1. The molecule has 1 aromatic rings. The maximum absolute atomic E-state index is 12.3. The number of nitrogens with two attached hydrogens (primary N) is 1. The van der Waals surface area contributed by atoms with Crippen LogP contribution in [0.5, 0.6) is 0 Å². The summed E-state index contributed by atoms with van der Waals surface area (Å²) in [6, 6.07) is 1.73. The van der Waals surface area contributed by atoms with E-state index in [1.54, 1.807) is 12.3 Å². The minimum Gasteiger partial charge on any atom is -0.383 e. The fourth-order valence-electron chi connectivity index (χ4n) is 2.06.